The minimum Gasteiger partial charge on any atom is -0.468 e. The molecule has 0 aliphatic heterocycles. The fourth-order valence-corrected chi connectivity index (χ4v) is 4.44. The maximum atomic E-state index is 12.9. The monoisotopic (exact) mass is 408 g/mol. The number of carbonyl (C=O) groups is 2. The Morgan fingerprint density at radius 1 is 1.14 bits per heavy atom. The van der Waals surface area contributed by atoms with Crippen molar-refractivity contribution in [2.75, 3.05) is 12.9 Å². The Hall–Kier alpha value is -2.93. The van der Waals surface area contributed by atoms with E-state index in [-0.39, 0.29) is 23.6 Å². The highest BCUT2D eigenvalue weighted by molar-refractivity contribution is 7.99. The summed E-state index contributed by atoms with van der Waals surface area (Å²) in [5, 5.41) is 0.749. The van der Waals surface area contributed by atoms with Gasteiger partial charge >= 0.3 is 5.97 Å². The van der Waals surface area contributed by atoms with Gasteiger partial charge in [0.05, 0.1) is 23.8 Å². The molecule has 2 aromatic carbocycles. The van der Waals surface area contributed by atoms with Gasteiger partial charge in [0.2, 0.25) is 0 Å². The van der Waals surface area contributed by atoms with Crippen LogP contribution in [0, 0.1) is 0 Å². The van der Waals surface area contributed by atoms with E-state index in [9.17, 15) is 14.4 Å². The second kappa shape index (κ2) is 8.21. The number of ether oxygens (including phenoxy) is 1. The number of aromatic nitrogens is 2. The quantitative estimate of drug-likeness (QED) is 0.270. The number of thioether (sulfide) groups is 1. The second-order valence-electron chi connectivity index (χ2n) is 6.93. The van der Waals surface area contributed by atoms with Crippen LogP contribution in [0.3, 0.4) is 0 Å². The summed E-state index contributed by atoms with van der Waals surface area (Å²) in [6, 6.07) is 12.8. The highest BCUT2D eigenvalue weighted by atomic mass is 32.2. The molecular formula is C22H20N2O4S. The predicted octanol–water partition coefficient (Wildman–Crippen LogP) is 3.03. The van der Waals surface area contributed by atoms with Crippen molar-refractivity contribution in [3.63, 3.8) is 0 Å². The number of nitrogens with zero attached hydrogens (tertiary/aromatic N) is 2. The highest BCUT2D eigenvalue weighted by Crippen LogP contribution is 2.24. The van der Waals surface area contributed by atoms with Gasteiger partial charge in [-0.1, -0.05) is 36.0 Å². The molecule has 6 nitrogen and oxygen atoms in total. The zero-order valence-corrected chi connectivity index (χ0v) is 16.8. The summed E-state index contributed by atoms with van der Waals surface area (Å²) < 4.78 is 5.98. The van der Waals surface area contributed by atoms with Gasteiger partial charge < -0.3 is 4.74 Å². The summed E-state index contributed by atoms with van der Waals surface area (Å²) in [6.45, 7) is -0.247. The largest absolute Gasteiger partial charge is 0.468 e. The summed E-state index contributed by atoms with van der Waals surface area (Å²) in [4.78, 5) is 41.9. The number of hydrogen-bond donors (Lipinski definition) is 0. The molecule has 0 amide bonds. The van der Waals surface area contributed by atoms with E-state index in [0.29, 0.717) is 21.6 Å². The Kier molecular flexibility index (Phi) is 5.49. The Morgan fingerprint density at radius 2 is 1.93 bits per heavy atom. The van der Waals surface area contributed by atoms with Crippen LogP contribution < -0.4 is 5.56 Å². The first-order chi connectivity index (χ1) is 14.1. The Bertz CT molecular complexity index is 1170. The summed E-state index contributed by atoms with van der Waals surface area (Å²) in [5.74, 6) is -0.446. The zero-order chi connectivity index (χ0) is 20.4. The first-order valence-electron chi connectivity index (χ1n) is 9.41. The summed E-state index contributed by atoms with van der Waals surface area (Å²) >= 11 is 1.16. The molecule has 3 aromatic rings. The van der Waals surface area contributed by atoms with Crippen molar-refractivity contribution in [3.8, 4) is 0 Å². The van der Waals surface area contributed by atoms with Gasteiger partial charge in [0, 0.05) is 5.56 Å². The van der Waals surface area contributed by atoms with E-state index in [1.54, 1.807) is 24.3 Å². The van der Waals surface area contributed by atoms with E-state index < -0.39 is 5.97 Å². The zero-order valence-electron chi connectivity index (χ0n) is 16.0. The van der Waals surface area contributed by atoms with Gasteiger partial charge in [-0.3, -0.25) is 19.0 Å². The third kappa shape index (κ3) is 3.96. The molecule has 7 heteroatoms. The Labute approximate surface area is 171 Å². The molecule has 1 aliphatic rings. The van der Waals surface area contributed by atoms with Crippen LogP contribution in [-0.2, 0) is 28.9 Å². The molecule has 1 aromatic heterocycles. The number of benzene rings is 2. The van der Waals surface area contributed by atoms with Crippen LogP contribution in [0.25, 0.3) is 10.9 Å². The predicted molar refractivity (Wildman–Crippen MR) is 112 cm³/mol. The molecule has 1 aliphatic carbocycles. The Morgan fingerprint density at radius 3 is 2.76 bits per heavy atom. The molecular weight excluding hydrogens is 388 g/mol. The molecule has 0 saturated carbocycles. The number of aryl methyl sites for hydroxylation is 2. The fraction of sp³-hybridized carbons (Fsp3) is 0.273. The lowest BCUT2D eigenvalue weighted by Gasteiger charge is -2.12. The first-order valence-corrected chi connectivity index (χ1v) is 10.4. The lowest BCUT2D eigenvalue weighted by molar-refractivity contribution is -0.141. The van der Waals surface area contributed by atoms with E-state index in [2.05, 4.69) is 4.98 Å². The van der Waals surface area contributed by atoms with E-state index in [1.807, 2.05) is 18.2 Å². The maximum Gasteiger partial charge on any atom is 0.325 e. The van der Waals surface area contributed by atoms with Crippen molar-refractivity contribution in [2.24, 2.45) is 0 Å². The molecule has 0 atom stereocenters. The number of carbonyl (C=O) groups excluding carboxylic acids is 2. The topological polar surface area (TPSA) is 78.3 Å². The third-order valence-corrected chi connectivity index (χ3v) is 6.07. The van der Waals surface area contributed by atoms with E-state index >= 15 is 0 Å². The SMILES string of the molecule is COC(=O)Cn1c(SCC(=O)c2ccc3c(c2)CCC3)nc2ccccc2c1=O. The number of ketones is 1. The van der Waals surface area contributed by atoms with E-state index in [1.165, 1.54) is 22.8 Å². The van der Waals surface area contributed by atoms with Gasteiger partial charge in [-0.05, 0) is 48.6 Å². The fourth-order valence-electron chi connectivity index (χ4n) is 3.55. The number of fused-ring (bicyclic) bond motifs is 2. The van der Waals surface area contributed by atoms with Gasteiger partial charge in [-0.2, -0.15) is 0 Å². The number of esters is 1. The summed E-state index contributed by atoms with van der Waals surface area (Å²) in [5.41, 5.74) is 3.44. The number of methoxy groups -OCH3 is 1. The smallest absolute Gasteiger partial charge is 0.325 e. The lowest BCUT2D eigenvalue weighted by Crippen LogP contribution is -2.27. The minimum absolute atomic E-state index is 0.0308. The molecule has 4 rings (SSSR count). The second-order valence-corrected chi connectivity index (χ2v) is 7.87. The van der Waals surface area contributed by atoms with Crippen LogP contribution in [-0.4, -0.2) is 34.2 Å². The summed E-state index contributed by atoms with van der Waals surface area (Å²) in [6.07, 6.45) is 3.20. The van der Waals surface area contributed by atoms with Crippen LogP contribution in [0.4, 0.5) is 0 Å². The van der Waals surface area contributed by atoms with Gasteiger partial charge in [-0.25, -0.2) is 4.98 Å². The Balaban J connectivity index is 1.62. The molecule has 0 unspecified atom stereocenters. The highest BCUT2D eigenvalue weighted by Gasteiger charge is 2.18. The normalized spacial score (nSPS) is 12.7. The van der Waals surface area contributed by atoms with Crippen molar-refractivity contribution in [1.82, 2.24) is 9.55 Å². The molecule has 1 heterocycles. The third-order valence-electron chi connectivity index (χ3n) is 5.09. The average molecular weight is 408 g/mol. The van der Waals surface area contributed by atoms with Crippen LogP contribution in [0.1, 0.15) is 27.9 Å². The van der Waals surface area contributed by atoms with Crippen molar-refractivity contribution >= 4 is 34.4 Å². The maximum absolute atomic E-state index is 12.9. The van der Waals surface area contributed by atoms with E-state index in [0.717, 1.165) is 31.0 Å². The van der Waals surface area contributed by atoms with Gasteiger partial charge in [0.1, 0.15) is 6.54 Å². The van der Waals surface area contributed by atoms with Crippen molar-refractivity contribution in [3.05, 3.63) is 69.5 Å². The van der Waals surface area contributed by atoms with Crippen LogP contribution in [0.15, 0.2) is 52.4 Å². The standard InChI is InChI=1S/C22H20N2O4S/c1-28-20(26)12-24-21(27)17-7-2-3-8-18(17)23-22(24)29-13-19(25)16-10-9-14-5-4-6-15(14)11-16/h2-3,7-11H,4-6,12-13H2,1H3. The molecule has 0 radical (unpaired) electrons. The van der Waals surface area contributed by atoms with Crippen molar-refractivity contribution < 1.29 is 14.3 Å². The molecule has 0 spiro atoms. The number of Topliss-reactive ketones (excluding diaryl/α,β-unsaturated/α-hetero) is 1. The minimum atomic E-state index is -0.545. The average Bonchev–Trinajstić information content (AvgIpc) is 3.22. The van der Waals surface area contributed by atoms with Gasteiger partial charge in [-0.15, -0.1) is 0 Å². The van der Waals surface area contributed by atoms with Gasteiger partial charge in [0.15, 0.2) is 10.9 Å². The van der Waals surface area contributed by atoms with Crippen LogP contribution in [0.2, 0.25) is 0 Å². The first kappa shape index (κ1) is 19.4. The van der Waals surface area contributed by atoms with Gasteiger partial charge in [0.25, 0.3) is 5.56 Å². The molecule has 0 N–H and O–H groups in total. The van der Waals surface area contributed by atoms with Crippen LogP contribution >= 0.6 is 11.8 Å². The number of hydrogen-bond acceptors (Lipinski definition) is 6. The molecule has 0 saturated heterocycles. The van der Waals surface area contributed by atoms with E-state index in [4.69, 9.17) is 4.74 Å². The molecule has 0 bridgehead atoms. The number of para-hydroxylation sites is 1. The number of rotatable bonds is 6. The van der Waals surface area contributed by atoms with Crippen LogP contribution in [0.5, 0.6) is 0 Å². The van der Waals surface area contributed by atoms with Crippen molar-refractivity contribution in [1.29, 1.82) is 0 Å². The molecule has 148 valence electrons. The summed E-state index contributed by atoms with van der Waals surface area (Å²) in [7, 11) is 1.27. The van der Waals surface area contributed by atoms with Crippen molar-refractivity contribution in [2.45, 2.75) is 31.0 Å². The molecule has 0 fully saturated rings. The lowest BCUT2D eigenvalue weighted by atomic mass is 10.0. The molecule has 29 heavy (non-hydrogen) atoms.